The average molecular weight is 310 g/mol. The van der Waals surface area contributed by atoms with E-state index in [4.69, 9.17) is 4.74 Å². The maximum absolute atomic E-state index is 13.0. The van der Waals surface area contributed by atoms with Gasteiger partial charge in [-0.3, -0.25) is 9.59 Å². The number of aliphatic hydroxyl groups is 1. The Morgan fingerprint density at radius 2 is 1.73 bits per heavy atom. The molecule has 0 aliphatic heterocycles. The van der Waals surface area contributed by atoms with E-state index in [9.17, 15) is 14.7 Å². The lowest BCUT2D eigenvalue weighted by atomic mass is 9.63. The molecule has 0 heterocycles. The fraction of sp³-hybridized carbons (Fsp3) is 0.889. The molecule has 22 heavy (non-hydrogen) atoms. The van der Waals surface area contributed by atoms with Gasteiger partial charge in [0, 0.05) is 5.92 Å². The number of ketones is 1. The molecule has 0 radical (unpaired) electrons. The van der Waals surface area contributed by atoms with E-state index in [-0.39, 0.29) is 17.7 Å². The first-order valence-electron chi connectivity index (χ1n) is 9.01. The Hall–Kier alpha value is -0.900. The van der Waals surface area contributed by atoms with Gasteiger partial charge in [-0.15, -0.1) is 0 Å². The maximum Gasteiger partial charge on any atom is 0.319 e. The summed E-state index contributed by atoms with van der Waals surface area (Å²) in [6.45, 7) is 2.09. The molecule has 0 aromatic rings. The third-order valence-corrected chi connectivity index (χ3v) is 5.42. The third kappa shape index (κ3) is 3.70. The van der Waals surface area contributed by atoms with Crippen LogP contribution in [0, 0.1) is 11.3 Å². The standard InChI is InChI=1S/C18H30O4/c1-2-22-17(21)18-12-9-7-5-3-4-6-8-10-14(16(18)20)15(19)11-13-18/h14-15,19H,2-13H2,1H3/t14-,15+,18+/m0/s1. The number of rotatable bonds is 2. The molecule has 0 saturated heterocycles. The molecule has 4 nitrogen and oxygen atoms in total. The monoisotopic (exact) mass is 310 g/mol. The summed E-state index contributed by atoms with van der Waals surface area (Å²) in [7, 11) is 0. The molecule has 2 aliphatic carbocycles. The van der Waals surface area contributed by atoms with Crippen molar-refractivity contribution in [2.45, 2.75) is 83.7 Å². The zero-order chi connectivity index (χ0) is 16.0. The molecule has 0 unspecified atom stereocenters. The summed E-state index contributed by atoms with van der Waals surface area (Å²) in [5, 5.41) is 10.2. The minimum absolute atomic E-state index is 0.0507. The van der Waals surface area contributed by atoms with Gasteiger partial charge in [-0.1, -0.05) is 44.9 Å². The molecule has 0 aromatic carbocycles. The molecule has 2 aliphatic rings. The summed E-state index contributed by atoms with van der Waals surface area (Å²) < 4.78 is 5.25. The van der Waals surface area contributed by atoms with E-state index in [0.717, 1.165) is 25.7 Å². The highest BCUT2D eigenvalue weighted by atomic mass is 16.5. The number of hydrogen-bond acceptors (Lipinski definition) is 4. The zero-order valence-electron chi connectivity index (χ0n) is 13.8. The van der Waals surface area contributed by atoms with Crippen molar-refractivity contribution in [3.05, 3.63) is 0 Å². The van der Waals surface area contributed by atoms with Crippen molar-refractivity contribution in [3.63, 3.8) is 0 Å². The van der Waals surface area contributed by atoms with E-state index in [1.165, 1.54) is 19.3 Å². The first-order valence-corrected chi connectivity index (χ1v) is 9.01. The number of hydrogen-bond donors (Lipinski definition) is 1. The van der Waals surface area contributed by atoms with E-state index in [0.29, 0.717) is 32.3 Å². The van der Waals surface area contributed by atoms with Crippen molar-refractivity contribution >= 4 is 11.8 Å². The Morgan fingerprint density at radius 1 is 1.09 bits per heavy atom. The van der Waals surface area contributed by atoms with Crippen LogP contribution in [0.1, 0.15) is 77.6 Å². The Morgan fingerprint density at radius 3 is 2.41 bits per heavy atom. The number of aliphatic hydroxyl groups excluding tert-OH is 1. The third-order valence-electron chi connectivity index (χ3n) is 5.42. The maximum atomic E-state index is 13.0. The van der Waals surface area contributed by atoms with Crippen LogP contribution in [0.15, 0.2) is 0 Å². The number of Topliss-reactive ketones (excluding diaryl/α,β-unsaturated/α-hetero) is 1. The second-order valence-electron chi connectivity index (χ2n) is 6.89. The number of carbonyl (C=O) groups is 2. The van der Waals surface area contributed by atoms with Crippen molar-refractivity contribution in [1.29, 1.82) is 0 Å². The molecule has 3 atom stereocenters. The fourth-order valence-corrected chi connectivity index (χ4v) is 4.07. The first kappa shape index (κ1) is 17.5. The number of ether oxygens (including phenoxy) is 1. The Balaban J connectivity index is 2.23. The molecule has 2 bridgehead atoms. The SMILES string of the molecule is CCOC(=O)[C@@]12CCCCCCCCC[C@H](C1=O)[C@H](O)CC2. The van der Waals surface area contributed by atoms with Crippen molar-refractivity contribution < 1.29 is 19.4 Å². The predicted octanol–water partition coefficient (Wildman–Crippen LogP) is 3.40. The Labute approximate surface area is 133 Å². The van der Waals surface area contributed by atoms with Crippen molar-refractivity contribution in [1.82, 2.24) is 0 Å². The van der Waals surface area contributed by atoms with Crippen LogP contribution in [-0.2, 0) is 14.3 Å². The van der Waals surface area contributed by atoms with Crippen LogP contribution in [0.2, 0.25) is 0 Å². The second-order valence-corrected chi connectivity index (χ2v) is 6.89. The minimum atomic E-state index is -0.987. The Bertz CT molecular complexity index is 393. The summed E-state index contributed by atoms with van der Waals surface area (Å²) in [5.74, 6) is -0.781. The van der Waals surface area contributed by atoms with Gasteiger partial charge in [0.2, 0.25) is 0 Å². The lowest BCUT2D eigenvalue weighted by molar-refractivity contribution is -0.168. The summed E-state index contributed by atoms with van der Waals surface area (Å²) in [6.07, 6.45) is 9.36. The van der Waals surface area contributed by atoms with Crippen molar-refractivity contribution in [3.8, 4) is 0 Å². The molecule has 2 saturated carbocycles. The van der Waals surface area contributed by atoms with Crippen LogP contribution in [0.25, 0.3) is 0 Å². The van der Waals surface area contributed by atoms with Gasteiger partial charge in [0.05, 0.1) is 12.7 Å². The molecular weight excluding hydrogens is 280 g/mol. The Kier molecular flexibility index (Phi) is 6.42. The van der Waals surface area contributed by atoms with Crippen LogP contribution in [0.4, 0.5) is 0 Å². The van der Waals surface area contributed by atoms with Crippen LogP contribution in [0.5, 0.6) is 0 Å². The quantitative estimate of drug-likeness (QED) is 0.627. The van der Waals surface area contributed by atoms with Gasteiger partial charge in [-0.2, -0.15) is 0 Å². The molecule has 0 aromatic heterocycles. The summed E-state index contributed by atoms with van der Waals surface area (Å²) in [6, 6.07) is 0. The van der Waals surface area contributed by atoms with E-state index < -0.39 is 11.5 Å². The van der Waals surface area contributed by atoms with Crippen molar-refractivity contribution in [2.75, 3.05) is 6.61 Å². The van der Waals surface area contributed by atoms with Gasteiger partial charge in [0.1, 0.15) is 5.41 Å². The van der Waals surface area contributed by atoms with Gasteiger partial charge in [0.25, 0.3) is 0 Å². The molecule has 2 fully saturated rings. The number of carbonyl (C=O) groups excluding carboxylic acids is 2. The van der Waals surface area contributed by atoms with E-state index >= 15 is 0 Å². The molecule has 0 spiro atoms. The van der Waals surface area contributed by atoms with E-state index in [2.05, 4.69) is 0 Å². The highest BCUT2D eigenvalue weighted by Crippen LogP contribution is 2.43. The van der Waals surface area contributed by atoms with Crippen molar-refractivity contribution in [2.24, 2.45) is 11.3 Å². The van der Waals surface area contributed by atoms with Crippen LogP contribution >= 0.6 is 0 Å². The summed E-state index contributed by atoms with van der Waals surface area (Å²) in [4.78, 5) is 25.6. The van der Waals surface area contributed by atoms with Gasteiger partial charge < -0.3 is 9.84 Å². The van der Waals surface area contributed by atoms with Gasteiger partial charge in [0.15, 0.2) is 5.78 Å². The topological polar surface area (TPSA) is 63.6 Å². The smallest absolute Gasteiger partial charge is 0.319 e. The summed E-state index contributed by atoms with van der Waals surface area (Å²) in [5.41, 5.74) is -0.987. The molecular formula is C18H30O4. The van der Waals surface area contributed by atoms with Crippen LogP contribution < -0.4 is 0 Å². The largest absolute Gasteiger partial charge is 0.465 e. The second kappa shape index (κ2) is 8.09. The van der Waals surface area contributed by atoms with Gasteiger partial charge in [-0.05, 0) is 32.6 Å². The van der Waals surface area contributed by atoms with E-state index in [1.54, 1.807) is 6.92 Å². The highest BCUT2D eigenvalue weighted by Gasteiger charge is 2.53. The molecule has 126 valence electrons. The first-order chi connectivity index (χ1) is 10.6. The van der Waals surface area contributed by atoms with Crippen LogP contribution in [-0.4, -0.2) is 29.6 Å². The normalized spacial score (nSPS) is 34.4. The van der Waals surface area contributed by atoms with Gasteiger partial charge >= 0.3 is 5.97 Å². The lowest BCUT2D eigenvalue weighted by Crippen LogP contribution is -2.51. The molecule has 2 rings (SSSR count). The fourth-order valence-electron chi connectivity index (χ4n) is 4.07. The lowest BCUT2D eigenvalue weighted by Gasteiger charge is -2.40. The minimum Gasteiger partial charge on any atom is -0.465 e. The summed E-state index contributed by atoms with van der Waals surface area (Å²) >= 11 is 0. The van der Waals surface area contributed by atoms with E-state index in [1.807, 2.05) is 0 Å². The predicted molar refractivity (Wildman–Crippen MR) is 84.4 cm³/mol. The van der Waals surface area contributed by atoms with Gasteiger partial charge in [-0.25, -0.2) is 0 Å². The zero-order valence-corrected chi connectivity index (χ0v) is 13.8. The van der Waals surface area contributed by atoms with Crippen LogP contribution in [0.3, 0.4) is 0 Å². The molecule has 0 amide bonds. The molecule has 4 heteroatoms. The molecule has 1 N–H and O–H groups in total. The number of fused-ring (bicyclic) bond motifs is 2. The highest BCUT2D eigenvalue weighted by molar-refractivity contribution is 6.05. The number of esters is 1. The average Bonchev–Trinajstić information content (AvgIpc) is 2.49.